The average molecular weight is 168 g/mol. The molecule has 1 N–H and O–H groups in total. The first kappa shape index (κ1) is 9.01. The van der Waals surface area contributed by atoms with Gasteiger partial charge >= 0.3 is 0 Å². The summed E-state index contributed by atoms with van der Waals surface area (Å²) in [5.74, 6) is -0.765. The van der Waals surface area contributed by atoms with Crippen LogP contribution in [0, 0.1) is 17.2 Å². The van der Waals surface area contributed by atoms with Crippen LogP contribution in [0.15, 0.2) is 0 Å². The van der Waals surface area contributed by atoms with E-state index in [1.807, 2.05) is 6.07 Å². The summed E-state index contributed by atoms with van der Waals surface area (Å²) >= 11 is 0. The lowest BCUT2D eigenvalue weighted by atomic mass is 10.1. The zero-order valence-electron chi connectivity index (χ0n) is 7.04. The lowest BCUT2D eigenvalue weighted by molar-refractivity contribution is -0.123. The molecule has 0 spiro atoms. The normalized spacial score (nSPS) is 24.5. The monoisotopic (exact) mass is 168 g/mol. The Hall–Kier alpha value is -1.08. The molecule has 0 bridgehead atoms. The van der Waals surface area contributed by atoms with Gasteiger partial charge in [0.05, 0.1) is 18.7 Å². The summed E-state index contributed by atoms with van der Waals surface area (Å²) in [6.45, 7) is 2.86. The molecular weight excluding hydrogens is 156 g/mol. The average Bonchev–Trinajstić information content (AvgIpc) is 2.55. The number of nitrogens with zero attached hydrogens (tertiary/aromatic N) is 1. The van der Waals surface area contributed by atoms with Crippen molar-refractivity contribution in [2.75, 3.05) is 13.2 Å². The fourth-order valence-electron chi connectivity index (χ4n) is 1.03. The Balaban J connectivity index is 2.31. The minimum atomic E-state index is -0.564. The minimum absolute atomic E-state index is 0.105. The molecule has 1 amide bonds. The van der Waals surface area contributed by atoms with Crippen LogP contribution in [0.4, 0.5) is 0 Å². The van der Waals surface area contributed by atoms with Crippen molar-refractivity contribution >= 4 is 5.91 Å². The summed E-state index contributed by atoms with van der Waals surface area (Å²) < 4.78 is 5.07. The molecule has 0 aromatic carbocycles. The van der Waals surface area contributed by atoms with E-state index in [9.17, 15) is 4.79 Å². The van der Waals surface area contributed by atoms with Crippen molar-refractivity contribution in [3.63, 3.8) is 0 Å². The molecule has 0 saturated carbocycles. The Labute approximate surface area is 71.5 Å². The molecule has 1 aliphatic rings. The molecule has 66 valence electrons. The van der Waals surface area contributed by atoms with Crippen molar-refractivity contribution in [1.82, 2.24) is 5.32 Å². The van der Waals surface area contributed by atoms with Gasteiger partial charge in [0.2, 0.25) is 5.91 Å². The summed E-state index contributed by atoms with van der Waals surface area (Å²) in [5, 5.41) is 11.2. The van der Waals surface area contributed by atoms with Gasteiger partial charge in [-0.3, -0.25) is 4.79 Å². The van der Waals surface area contributed by atoms with Crippen LogP contribution in [0.25, 0.3) is 0 Å². The molecule has 0 aromatic heterocycles. The largest absolute Gasteiger partial charge is 0.379 e. The number of hydrogen-bond donors (Lipinski definition) is 1. The predicted octanol–water partition coefficient (Wildman–Crippen LogP) is 0.0512. The van der Waals surface area contributed by atoms with Crippen molar-refractivity contribution in [2.45, 2.75) is 19.4 Å². The highest BCUT2D eigenvalue weighted by atomic mass is 16.5. The van der Waals surface area contributed by atoms with E-state index in [2.05, 4.69) is 5.32 Å². The van der Waals surface area contributed by atoms with E-state index in [0.717, 1.165) is 6.42 Å². The van der Waals surface area contributed by atoms with Crippen molar-refractivity contribution in [1.29, 1.82) is 5.26 Å². The van der Waals surface area contributed by atoms with Gasteiger partial charge < -0.3 is 10.1 Å². The Morgan fingerprint density at radius 3 is 3.08 bits per heavy atom. The molecule has 0 aromatic rings. The SMILES string of the molecule is CC(C#N)C(=O)NC1CCOC1. The molecule has 1 saturated heterocycles. The molecule has 0 radical (unpaired) electrons. The first-order chi connectivity index (χ1) is 5.74. The van der Waals surface area contributed by atoms with Crippen LogP contribution < -0.4 is 5.32 Å². The molecule has 1 aliphatic heterocycles. The lowest BCUT2D eigenvalue weighted by Gasteiger charge is -2.10. The summed E-state index contributed by atoms with van der Waals surface area (Å²) in [7, 11) is 0. The lowest BCUT2D eigenvalue weighted by Crippen LogP contribution is -2.37. The van der Waals surface area contributed by atoms with E-state index >= 15 is 0 Å². The number of ether oxygens (including phenoxy) is 1. The van der Waals surface area contributed by atoms with E-state index < -0.39 is 5.92 Å². The van der Waals surface area contributed by atoms with Crippen LogP contribution >= 0.6 is 0 Å². The Morgan fingerprint density at radius 1 is 1.83 bits per heavy atom. The van der Waals surface area contributed by atoms with Crippen LogP contribution in [0.3, 0.4) is 0 Å². The fourth-order valence-corrected chi connectivity index (χ4v) is 1.03. The Morgan fingerprint density at radius 2 is 2.58 bits per heavy atom. The first-order valence-corrected chi connectivity index (χ1v) is 4.01. The van der Waals surface area contributed by atoms with E-state index in [0.29, 0.717) is 13.2 Å². The maximum Gasteiger partial charge on any atom is 0.237 e. The third kappa shape index (κ3) is 2.21. The van der Waals surface area contributed by atoms with Crippen LogP contribution in [-0.2, 0) is 9.53 Å². The van der Waals surface area contributed by atoms with E-state index in [1.165, 1.54) is 0 Å². The second-order valence-corrected chi connectivity index (χ2v) is 2.92. The molecule has 4 nitrogen and oxygen atoms in total. The first-order valence-electron chi connectivity index (χ1n) is 4.01. The maximum atomic E-state index is 11.1. The molecule has 2 unspecified atom stereocenters. The third-order valence-corrected chi connectivity index (χ3v) is 1.86. The Kier molecular flexibility index (Phi) is 3.06. The summed E-state index contributed by atoms with van der Waals surface area (Å²) in [5.41, 5.74) is 0. The highest BCUT2D eigenvalue weighted by molar-refractivity contribution is 5.80. The summed E-state index contributed by atoms with van der Waals surface area (Å²) in [6.07, 6.45) is 0.851. The van der Waals surface area contributed by atoms with Crippen LogP contribution in [0.2, 0.25) is 0 Å². The van der Waals surface area contributed by atoms with Gasteiger partial charge in [-0.2, -0.15) is 5.26 Å². The van der Waals surface area contributed by atoms with Gasteiger partial charge in [0.15, 0.2) is 0 Å². The predicted molar refractivity (Wildman–Crippen MR) is 42.1 cm³/mol. The van der Waals surface area contributed by atoms with E-state index in [-0.39, 0.29) is 11.9 Å². The van der Waals surface area contributed by atoms with Gasteiger partial charge in [0.1, 0.15) is 5.92 Å². The van der Waals surface area contributed by atoms with Crippen molar-refractivity contribution < 1.29 is 9.53 Å². The number of nitrogens with one attached hydrogen (secondary N) is 1. The molecule has 0 aliphatic carbocycles. The maximum absolute atomic E-state index is 11.1. The molecule has 2 atom stereocenters. The second kappa shape index (κ2) is 4.07. The third-order valence-electron chi connectivity index (χ3n) is 1.86. The second-order valence-electron chi connectivity index (χ2n) is 2.92. The van der Waals surface area contributed by atoms with Gasteiger partial charge in [-0.25, -0.2) is 0 Å². The number of rotatable bonds is 2. The van der Waals surface area contributed by atoms with E-state index in [1.54, 1.807) is 6.92 Å². The molecule has 1 heterocycles. The van der Waals surface area contributed by atoms with Gasteiger partial charge in [-0.05, 0) is 13.3 Å². The van der Waals surface area contributed by atoms with Crippen molar-refractivity contribution in [3.8, 4) is 6.07 Å². The number of nitriles is 1. The number of hydrogen-bond acceptors (Lipinski definition) is 3. The summed E-state index contributed by atoms with van der Waals surface area (Å²) in [4.78, 5) is 11.1. The number of carbonyl (C=O) groups is 1. The molecule has 1 rings (SSSR count). The van der Waals surface area contributed by atoms with Crippen molar-refractivity contribution in [3.05, 3.63) is 0 Å². The van der Waals surface area contributed by atoms with Gasteiger partial charge in [0.25, 0.3) is 0 Å². The highest BCUT2D eigenvalue weighted by Gasteiger charge is 2.20. The van der Waals surface area contributed by atoms with Crippen molar-refractivity contribution in [2.24, 2.45) is 5.92 Å². The number of amides is 1. The quantitative estimate of drug-likeness (QED) is 0.633. The molecular formula is C8H12N2O2. The van der Waals surface area contributed by atoms with Gasteiger partial charge in [-0.15, -0.1) is 0 Å². The smallest absolute Gasteiger partial charge is 0.237 e. The van der Waals surface area contributed by atoms with Gasteiger partial charge in [0, 0.05) is 6.61 Å². The van der Waals surface area contributed by atoms with Gasteiger partial charge in [-0.1, -0.05) is 0 Å². The molecule has 4 heteroatoms. The zero-order valence-corrected chi connectivity index (χ0v) is 7.04. The standard InChI is InChI=1S/C8H12N2O2/c1-6(4-9)8(11)10-7-2-3-12-5-7/h6-7H,2-3,5H2,1H3,(H,10,11). The Bertz CT molecular complexity index is 204. The zero-order chi connectivity index (χ0) is 8.97. The molecule has 12 heavy (non-hydrogen) atoms. The molecule has 1 fully saturated rings. The van der Waals surface area contributed by atoms with Crippen LogP contribution in [0.5, 0.6) is 0 Å². The fraction of sp³-hybridized carbons (Fsp3) is 0.750. The summed E-state index contributed by atoms with van der Waals surface area (Å²) in [6, 6.07) is 1.99. The minimum Gasteiger partial charge on any atom is -0.379 e. The van der Waals surface area contributed by atoms with Crippen LogP contribution in [0.1, 0.15) is 13.3 Å². The highest BCUT2D eigenvalue weighted by Crippen LogP contribution is 2.04. The van der Waals surface area contributed by atoms with Crippen LogP contribution in [-0.4, -0.2) is 25.2 Å². The number of carbonyl (C=O) groups excluding carboxylic acids is 1. The topological polar surface area (TPSA) is 62.1 Å². The van der Waals surface area contributed by atoms with E-state index in [4.69, 9.17) is 10.00 Å².